The Bertz CT molecular complexity index is 273. The summed E-state index contributed by atoms with van der Waals surface area (Å²) < 4.78 is 0. The lowest BCUT2D eigenvalue weighted by molar-refractivity contribution is -0.138. The lowest BCUT2D eigenvalue weighted by atomic mass is 10.3. The first-order valence-corrected chi connectivity index (χ1v) is 5.89. The molecule has 1 heterocycles. The molecule has 2 unspecified atom stereocenters. The van der Waals surface area contributed by atoms with E-state index in [-0.39, 0.29) is 12.0 Å². The first kappa shape index (κ1) is 12.3. The Hall–Kier alpha value is -0.790. The molecule has 0 amide bonds. The lowest BCUT2D eigenvalue weighted by Crippen LogP contribution is -2.44. The minimum absolute atomic E-state index is 0.0228. The number of rotatable bonds is 6. The average Bonchev–Trinajstić information content (AvgIpc) is 2.62. The van der Waals surface area contributed by atoms with Crippen molar-refractivity contribution in [2.75, 3.05) is 12.3 Å². The third kappa shape index (κ3) is 3.69. The minimum Gasteiger partial charge on any atom is -0.480 e. The summed E-state index contributed by atoms with van der Waals surface area (Å²) in [6.45, 7) is 0.286. The molecular weight excluding hydrogens is 234 g/mol. The Morgan fingerprint density at radius 3 is 3.20 bits per heavy atom. The molecule has 5 nitrogen and oxygen atoms in total. The molecule has 1 aliphatic heterocycles. The van der Waals surface area contributed by atoms with Crippen LogP contribution in [0.4, 0.5) is 0 Å². The van der Waals surface area contributed by atoms with E-state index in [1.807, 2.05) is 4.90 Å². The molecular formula is C8H13N3O2S2. The largest absolute Gasteiger partial charge is 0.480 e. The van der Waals surface area contributed by atoms with E-state index in [4.69, 9.17) is 23.1 Å². The van der Waals surface area contributed by atoms with Gasteiger partial charge in [0.25, 0.3) is 0 Å². The summed E-state index contributed by atoms with van der Waals surface area (Å²) >= 11 is 6.31. The molecule has 0 spiro atoms. The number of thiocarbonyl (C=S) groups is 1. The third-order valence-corrected chi connectivity index (χ3v) is 3.31. The minimum atomic E-state index is -0.992. The molecule has 4 N–H and O–H groups in total. The van der Waals surface area contributed by atoms with Gasteiger partial charge in [-0.2, -0.15) is 0 Å². The molecule has 0 radical (unpaired) electrons. The molecule has 0 fully saturated rings. The van der Waals surface area contributed by atoms with E-state index in [0.717, 1.165) is 5.75 Å². The Morgan fingerprint density at radius 2 is 2.60 bits per heavy atom. The molecule has 0 bridgehead atoms. The monoisotopic (exact) mass is 247 g/mol. The highest BCUT2D eigenvalue weighted by molar-refractivity contribution is 8.01. The van der Waals surface area contributed by atoms with Crippen LogP contribution < -0.4 is 11.1 Å². The maximum absolute atomic E-state index is 10.6. The second kappa shape index (κ2) is 5.94. The lowest BCUT2D eigenvalue weighted by Gasteiger charge is -2.25. The van der Waals surface area contributed by atoms with Gasteiger partial charge >= 0.3 is 5.97 Å². The zero-order chi connectivity index (χ0) is 11.3. The van der Waals surface area contributed by atoms with Crippen LogP contribution in [-0.2, 0) is 4.79 Å². The first-order chi connectivity index (χ1) is 7.15. The number of thioether (sulfide) groups is 1. The van der Waals surface area contributed by atoms with Crippen LogP contribution in [0.5, 0.6) is 0 Å². The van der Waals surface area contributed by atoms with Crippen LogP contribution >= 0.6 is 24.0 Å². The Kier molecular flexibility index (Phi) is 4.86. The van der Waals surface area contributed by atoms with E-state index in [0.29, 0.717) is 0 Å². The van der Waals surface area contributed by atoms with Gasteiger partial charge in [0.05, 0.1) is 0 Å². The quantitative estimate of drug-likeness (QED) is 0.561. The number of carboxylic acid groups (broad SMARTS) is 1. The maximum atomic E-state index is 10.6. The molecule has 2 atom stereocenters. The zero-order valence-corrected chi connectivity index (χ0v) is 9.63. The third-order valence-electron chi connectivity index (χ3n) is 1.85. The van der Waals surface area contributed by atoms with Crippen molar-refractivity contribution < 1.29 is 9.90 Å². The van der Waals surface area contributed by atoms with Crippen molar-refractivity contribution in [2.45, 2.75) is 11.5 Å². The number of nitrogens with one attached hydrogen (secondary N) is 1. The number of nitrogens with zero attached hydrogens (tertiary/aromatic N) is 1. The molecule has 0 aromatic heterocycles. The van der Waals surface area contributed by atoms with Crippen molar-refractivity contribution in [3.63, 3.8) is 0 Å². The van der Waals surface area contributed by atoms with Gasteiger partial charge in [-0.15, -0.1) is 11.8 Å². The molecule has 0 saturated heterocycles. The van der Waals surface area contributed by atoms with E-state index in [9.17, 15) is 4.79 Å². The van der Waals surface area contributed by atoms with Crippen molar-refractivity contribution in [1.82, 2.24) is 10.2 Å². The molecule has 0 aromatic rings. The molecule has 7 heteroatoms. The predicted octanol–water partition coefficient (Wildman–Crippen LogP) is -0.209. The summed E-state index contributed by atoms with van der Waals surface area (Å²) in [7, 11) is 0. The summed E-state index contributed by atoms with van der Waals surface area (Å²) in [6, 6.07) is -0.870. The fourth-order valence-electron chi connectivity index (χ4n) is 1.13. The number of nitrogens with two attached hydrogens (primary N) is 1. The highest BCUT2D eigenvalue weighted by Crippen LogP contribution is 2.17. The van der Waals surface area contributed by atoms with Crippen molar-refractivity contribution in [3.8, 4) is 0 Å². The molecule has 0 aliphatic carbocycles. The fraction of sp³-hybridized carbons (Fsp3) is 0.500. The van der Waals surface area contributed by atoms with Gasteiger partial charge in [-0.25, -0.2) is 0 Å². The van der Waals surface area contributed by atoms with E-state index >= 15 is 0 Å². The van der Waals surface area contributed by atoms with Gasteiger partial charge in [-0.1, -0.05) is 12.2 Å². The first-order valence-electron chi connectivity index (χ1n) is 4.37. The Labute approximate surface area is 97.7 Å². The molecule has 84 valence electrons. The second-order valence-corrected chi connectivity index (χ2v) is 4.42. The van der Waals surface area contributed by atoms with E-state index in [2.05, 4.69) is 5.32 Å². The van der Waals surface area contributed by atoms with E-state index in [1.54, 1.807) is 29.5 Å². The number of aliphatic carboxylic acids is 1. The molecule has 1 aliphatic rings. The highest BCUT2D eigenvalue weighted by atomic mass is 32.2. The van der Waals surface area contributed by atoms with Gasteiger partial charge in [-0.3, -0.25) is 4.79 Å². The van der Waals surface area contributed by atoms with Crippen LogP contribution in [0.2, 0.25) is 0 Å². The van der Waals surface area contributed by atoms with Crippen LogP contribution in [0.3, 0.4) is 0 Å². The number of hydrogen-bond donors (Lipinski definition) is 3. The van der Waals surface area contributed by atoms with Crippen LogP contribution in [0, 0.1) is 0 Å². The fourth-order valence-corrected chi connectivity index (χ4v) is 2.15. The molecule has 1 rings (SSSR count). The van der Waals surface area contributed by atoms with Crippen LogP contribution in [0.25, 0.3) is 0 Å². The van der Waals surface area contributed by atoms with Gasteiger partial charge < -0.3 is 21.1 Å². The summed E-state index contributed by atoms with van der Waals surface area (Å²) in [6.07, 6.45) is 3.57. The van der Waals surface area contributed by atoms with Crippen molar-refractivity contribution in [1.29, 1.82) is 0 Å². The van der Waals surface area contributed by atoms with E-state index in [1.165, 1.54) is 0 Å². The molecule has 15 heavy (non-hydrogen) atoms. The standard InChI is InChI=1S/C8H13N3O2S2/c9-6(7(12)13)5-11-2-1-10-8(11)15-4-3-14/h1-3,6,8,10H,4-5,9H2,(H,12,13). The smallest absolute Gasteiger partial charge is 0.322 e. The van der Waals surface area contributed by atoms with Gasteiger partial charge in [0, 0.05) is 24.7 Å². The number of hydrogen-bond acceptors (Lipinski definition) is 6. The zero-order valence-electron chi connectivity index (χ0n) is 8.00. The molecule has 0 aromatic carbocycles. The van der Waals surface area contributed by atoms with E-state index < -0.39 is 12.0 Å². The van der Waals surface area contributed by atoms with Gasteiger partial charge in [0.1, 0.15) is 11.5 Å². The summed E-state index contributed by atoms with van der Waals surface area (Å²) in [5.74, 6) is -0.262. The maximum Gasteiger partial charge on any atom is 0.322 e. The normalized spacial score (nSPS) is 21.1. The van der Waals surface area contributed by atoms with Crippen LogP contribution in [0.15, 0.2) is 12.4 Å². The van der Waals surface area contributed by atoms with Crippen molar-refractivity contribution >= 4 is 35.3 Å². The number of carboxylic acids is 1. The highest BCUT2D eigenvalue weighted by Gasteiger charge is 2.23. The van der Waals surface area contributed by atoms with Crippen LogP contribution in [0.1, 0.15) is 0 Å². The summed E-state index contributed by atoms with van der Waals surface area (Å²) in [5.41, 5.74) is 5.47. The second-order valence-electron chi connectivity index (χ2n) is 2.98. The van der Waals surface area contributed by atoms with Gasteiger partial charge in [-0.05, 0) is 5.37 Å². The predicted molar refractivity (Wildman–Crippen MR) is 64.5 cm³/mol. The summed E-state index contributed by atoms with van der Waals surface area (Å²) in [5, 5.41) is 13.4. The average molecular weight is 247 g/mol. The summed E-state index contributed by atoms with van der Waals surface area (Å²) in [4.78, 5) is 12.4. The SMILES string of the molecule is NC(CN1C=CNC1SCC=S)C(=O)O. The van der Waals surface area contributed by atoms with Gasteiger partial charge in [0.2, 0.25) is 0 Å². The topological polar surface area (TPSA) is 78.6 Å². The van der Waals surface area contributed by atoms with Crippen molar-refractivity contribution in [2.24, 2.45) is 5.73 Å². The molecule has 0 saturated carbocycles. The number of carbonyl (C=O) groups is 1. The van der Waals surface area contributed by atoms with Gasteiger partial charge in [0.15, 0.2) is 0 Å². The Balaban J connectivity index is 2.41. The van der Waals surface area contributed by atoms with Crippen LogP contribution in [-0.4, -0.2) is 45.2 Å². The van der Waals surface area contributed by atoms with Crippen molar-refractivity contribution in [3.05, 3.63) is 12.4 Å². The Morgan fingerprint density at radius 1 is 1.87 bits per heavy atom.